The number of carbonyl (C=O) groups excluding carboxylic acids is 1. The van der Waals surface area contributed by atoms with E-state index in [1.807, 2.05) is 12.1 Å². The average Bonchev–Trinajstić information content (AvgIpc) is 2.45. The molecule has 1 heterocycles. The lowest BCUT2D eigenvalue weighted by molar-refractivity contribution is -0.118. The molecular formula is C14H21N3O2. The van der Waals surface area contributed by atoms with Crippen LogP contribution in [0, 0.1) is 0 Å². The van der Waals surface area contributed by atoms with Gasteiger partial charge in [0.2, 0.25) is 5.91 Å². The fraction of sp³-hybridized carbons (Fsp3) is 0.500. The molecule has 0 radical (unpaired) electrons. The molecule has 2 rings (SSSR count). The molecule has 1 aromatic rings. The van der Waals surface area contributed by atoms with E-state index >= 15 is 0 Å². The minimum absolute atomic E-state index is 0.227. The Hall–Kier alpha value is -1.75. The first-order valence-corrected chi connectivity index (χ1v) is 6.58. The number of anilines is 1. The summed E-state index contributed by atoms with van der Waals surface area (Å²) in [6, 6.07) is 8.11. The Kier molecular flexibility index (Phi) is 4.63. The molecule has 104 valence electrons. The highest BCUT2D eigenvalue weighted by molar-refractivity contribution is 5.73. The Morgan fingerprint density at radius 1 is 1.32 bits per heavy atom. The zero-order chi connectivity index (χ0) is 13.7. The van der Waals surface area contributed by atoms with Gasteiger partial charge in [-0.15, -0.1) is 0 Å². The molecule has 0 unspecified atom stereocenters. The van der Waals surface area contributed by atoms with Crippen molar-refractivity contribution >= 4 is 11.6 Å². The maximum Gasteiger partial charge on any atom is 0.218 e. The van der Waals surface area contributed by atoms with Crippen LogP contribution in [0.25, 0.3) is 0 Å². The Labute approximate surface area is 113 Å². The van der Waals surface area contributed by atoms with E-state index in [4.69, 9.17) is 10.5 Å². The SMILES string of the molecule is COc1cccc(N2CCN(CCC(N)=O)CC2)c1. The number of hydrogen-bond donors (Lipinski definition) is 1. The summed E-state index contributed by atoms with van der Waals surface area (Å²) in [5, 5.41) is 0. The highest BCUT2D eigenvalue weighted by atomic mass is 16.5. The van der Waals surface area contributed by atoms with Gasteiger partial charge in [0.1, 0.15) is 5.75 Å². The Morgan fingerprint density at radius 2 is 2.05 bits per heavy atom. The van der Waals surface area contributed by atoms with Crippen molar-refractivity contribution in [3.8, 4) is 5.75 Å². The molecule has 1 saturated heterocycles. The van der Waals surface area contributed by atoms with Crippen molar-refractivity contribution in [3.05, 3.63) is 24.3 Å². The van der Waals surface area contributed by atoms with E-state index in [2.05, 4.69) is 21.9 Å². The monoisotopic (exact) mass is 263 g/mol. The third-order valence-electron chi connectivity index (χ3n) is 3.47. The van der Waals surface area contributed by atoms with Gasteiger partial charge in [0.25, 0.3) is 0 Å². The molecule has 0 spiro atoms. The maximum atomic E-state index is 10.8. The van der Waals surface area contributed by atoms with Crippen molar-refractivity contribution in [1.82, 2.24) is 4.90 Å². The number of benzene rings is 1. The van der Waals surface area contributed by atoms with Crippen LogP contribution in [0.2, 0.25) is 0 Å². The number of nitrogens with zero attached hydrogens (tertiary/aromatic N) is 2. The number of methoxy groups -OCH3 is 1. The number of rotatable bonds is 5. The standard InChI is InChI=1S/C14H21N3O2/c1-19-13-4-2-3-12(11-13)17-9-7-16(8-10-17)6-5-14(15)18/h2-4,11H,5-10H2,1H3,(H2,15,18). The Bertz CT molecular complexity index is 428. The van der Waals surface area contributed by atoms with Crippen molar-refractivity contribution in [2.45, 2.75) is 6.42 Å². The molecule has 0 aromatic heterocycles. The average molecular weight is 263 g/mol. The molecule has 1 aliphatic rings. The van der Waals surface area contributed by atoms with Gasteiger partial charge in [-0.2, -0.15) is 0 Å². The van der Waals surface area contributed by atoms with Gasteiger partial charge >= 0.3 is 0 Å². The molecule has 0 saturated carbocycles. The van der Waals surface area contributed by atoms with Crippen LogP contribution in [0.1, 0.15) is 6.42 Å². The van der Waals surface area contributed by atoms with Gasteiger partial charge in [-0.3, -0.25) is 9.69 Å². The van der Waals surface area contributed by atoms with E-state index in [9.17, 15) is 4.79 Å². The summed E-state index contributed by atoms with van der Waals surface area (Å²) < 4.78 is 5.24. The van der Waals surface area contributed by atoms with E-state index in [1.165, 1.54) is 5.69 Å². The van der Waals surface area contributed by atoms with Crippen molar-refractivity contribution in [2.24, 2.45) is 5.73 Å². The zero-order valence-electron chi connectivity index (χ0n) is 11.3. The summed E-state index contributed by atoms with van der Waals surface area (Å²) >= 11 is 0. The molecular weight excluding hydrogens is 242 g/mol. The summed E-state index contributed by atoms with van der Waals surface area (Å²) in [6.45, 7) is 4.62. The molecule has 5 heteroatoms. The number of amides is 1. The number of piperazine rings is 1. The van der Waals surface area contributed by atoms with Crippen LogP contribution < -0.4 is 15.4 Å². The van der Waals surface area contributed by atoms with E-state index in [1.54, 1.807) is 7.11 Å². The largest absolute Gasteiger partial charge is 0.497 e. The molecule has 5 nitrogen and oxygen atoms in total. The first kappa shape index (κ1) is 13.7. The van der Waals surface area contributed by atoms with Crippen molar-refractivity contribution in [2.75, 3.05) is 44.7 Å². The number of carbonyl (C=O) groups is 1. The van der Waals surface area contributed by atoms with Gasteiger partial charge in [-0.25, -0.2) is 0 Å². The number of primary amides is 1. The normalized spacial score (nSPS) is 16.4. The highest BCUT2D eigenvalue weighted by Gasteiger charge is 2.17. The molecule has 0 atom stereocenters. The molecule has 0 bridgehead atoms. The second-order valence-corrected chi connectivity index (χ2v) is 4.75. The van der Waals surface area contributed by atoms with Crippen LogP contribution in [-0.4, -0.2) is 50.6 Å². The van der Waals surface area contributed by atoms with Crippen LogP contribution in [0.4, 0.5) is 5.69 Å². The van der Waals surface area contributed by atoms with Crippen LogP contribution in [0.15, 0.2) is 24.3 Å². The van der Waals surface area contributed by atoms with Crippen molar-refractivity contribution < 1.29 is 9.53 Å². The highest BCUT2D eigenvalue weighted by Crippen LogP contribution is 2.21. The number of nitrogens with two attached hydrogens (primary N) is 1. The molecule has 0 aliphatic carbocycles. The van der Waals surface area contributed by atoms with Gasteiger partial charge in [-0.05, 0) is 12.1 Å². The minimum Gasteiger partial charge on any atom is -0.497 e. The fourth-order valence-corrected chi connectivity index (χ4v) is 2.31. The topological polar surface area (TPSA) is 58.8 Å². The first-order chi connectivity index (χ1) is 9.19. The summed E-state index contributed by atoms with van der Waals surface area (Å²) in [4.78, 5) is 15.4. The van der Waals surface area contributed by atoms with E-state index < -0.39 is 0 Å². The van der Waals surface area contributed by atoms with E-state index in [-0.39, 0.29) is 5.91 Å². The van der Waals surface area contributed by atoms with Crippen LogP contribution in [0.3, 0.4) is 0 Å². The number of ether oxygens (including phenoxy) is 1. The lowest BCUT2D eigenvalue weighted by atomic mass is 10.2. The van der Waals surface area contributed by atoms with Gasteiger partial charge in [0.15, 0.2) is 0 Å². The summed E-state index contributed by atoms with van der Waals surface area (Å²) in [5.41, 5.74) is 6.36. The quantitative estimate of drug-likeness (QED) is 0.849. The third kappa shape index (κ3) is 3.86. The smallest absolute Gasteiger partial charge is 0.218 e. The lowest BCUT2D eigenvalue weighted by Gasteiger charge is -2.36. The summed E-state index contributed by atoms with van der Waals surface area (Å²) in [7, 11) is 1.68. The lowest BCUT2D eigenvalue weighted by Crippen LogP contribution is -2.47. The van der Waals surface area contributed by atoms with Crippen LogP contribution >= 0.6 is 0 Å². The second kappa shape index (κ2) is 6.43. The maximum absolute atomic E-state index is 10.8. The van der Waals surface area contributed by atoms with Crippen LogP contribution in [0.5, 0.6) is 5.75 Å². The van der Waals surface area contributed by atoms with Gasteiger partial charge in [0, 0.05) is 50.9 Å². The van der Waals surface area contributed by atoms with E-state index in [0.717, 1.165) is 38.5 Å². The van der Waals surface area contributed by atoms with E-state index in [0.29, 0.717) is 6.42 Å². The molecule has 1 amide bonds. The molecule has 19 heavy (non-hydrogen) atoms. The Morgan fingerprint density at radius 3 is 2.68 bits per heavy atom. The Balaban J connectivity index is 1.87. The van der Waals surface area contributed by atoms with Gasteiger partial charge < -0.3 is 15.4 Å². The fourth-order valence-electron chi connectivity index (χ4n) is 2.31. The number of hydrogen-bond acceptors (Lipinski definition) is 4. The molecule has 1 fully saturated rings. The van der Waals surface area contributed by atoms with Crippen LogP contribution in [-0.2, 0) is 4.79 Å². The predicted octanol–water partition coefficient (Wildman–Crippen LogP) is 0.693. The molecule has 1 aromatic carbocycles. The molecule has 2 N–H and O–H groups in total. The summed E-state index contributed by atoms with van der Waals surface area (Å²) in [5.74, 6) is 0.656. The minimum atomic E-state index is -0.227. The van der Waals surface area contributed by atoms with Gasteiger partial charge in [0.05, 0.1) is 7.11 Å². The predicted molar refractivity (Wildman–Crippen MR) is 75.5 cm³/mol. The first-order valence-electron chi connectivity index (χ1n) is 6.58. The molecule has 1 aliphatic heterocycles. The third-order valence-corrected chi connectivity index (χ3v) is 3.47. The van der Waals surface area contributed by atoms with Gasteiger partial charge in [-0.1, -0.05) is 6.07 Å². The second-order valence-electron chi connectivity index (χ2n) is 4.75. The van der Waals surface area contributed by atoms with Crippen molar-refractivity contribution in [3.63, 3.8) is 0 Å². The zero-order valence-corrected chi connectivity index (χ0v) is 11.3. The summed E-state index contributed by atoms with van der Waals surface area (Å²) in [6.07, 6.45) is 0.444. The van der Waals surface area contributed by atoms with Crippen molar-refractivity contribution in [1.29, 1.82) is 0 Å².